The van der Waals surface area contributed by atoms with Gasteiger partial charge in [0.1, 0.15) is 0 Å². The molecule has 0 heterocycles. The zero-order valence-corrected chi connectivity index (χ0v) is 11.6. The van der Waals surface area contributed by atoms with E-state index in [0.29, 0.717) is 5.02 Å². The lowest BCUT2D eigenvalue weighted by Crippen LogP contribution is -2.35. The fourth-order valence-electron chi connectivity index (χ4n) is 2.21. The number of hydrogen-bond donors (Lipinski definition) is 2. The van der Waals surface area contributed by atoms with Crippen LogP contribution in [0.3, 0.4) is 0 Å². The lowest BCUT2D eigenvalue weighted by atomic mass is 10.1. The molecule has 0 aliphatic heterocycles. The zero-order chi connectivity index (χ0) is 13.8. The molecule has 104 valence electrons. The summed E-state index contributed by atoms with van der Waals surface area (Å²) in [5.41, 5.74) is 1.03. The first-order chi connectivity index (χ1) is 9.13. The minimum atomic E-state index is -0.661. The predicted molar refractivity (Wildman–Crippen MR) is 73.2 cm³/mol. The largest absolute Gasteiger partial charge is 0.389 e. The molecule has 1 aromatic rings. The predicted octanol–water partition coefficient (Wildman–Crippen LogP) is 1.57. The van der Waals surface area contributed by atoms with Crippen molar-refractivity contribution in [2.45, 2.75) is 18.4 Å². The topological polar surface area (TPSA) is 58.6 Å². The third kappa shape index (κ3) is 3.69. The van der Waals surface area contributed by atoms with E-state index < -0.39 is 6.10 Å². The maximum absolute atomic E-state index is 11.9. The van der Waals surface area contributed by atoms with Gasteiger partial charge in [0.25, 0.3) is 0 Å². The first-order valence-electron chi connectivity index (χ1n) is 6.32. The van der Waals surface area contributed by atoms with Crippen molar-refractivity contribution in [2.75, 3.05) is 20.3 Å². The molecule has 1 aliphatic carbocycles. The minimum Gasteiger partial charge on any atom is -0.389 e. The Labute approximate surface area is 117 Å². The molecule has 0 bridgehead atoms. The molecule has 19 heavy (non-hydrogen) atoms. The van der Waals surface area contributed by atoms with Gasteiger partial charge in [-0.15, -0.1) is 0 Å². The highest BCUT2D eigenvalue weighted by Gasteiger charge is 2.44. The fourth-order valence-corrected chi connectivity index (χ4v) is 2.48. The van der Waals surface area contributed by atoms with E-state index >= 15 is 0 Å². The number of carbonyl (C=O) groups is 1. The molecule has 2 rings (SSSR count). The Balaban J connectivity index is 1.82. The Bertz CT molecular complexity index is 452. The van der Waals surface area contributed by atoms with E-state index in [1.165, 1.54) is 7.11 Å². The van der Waals surface area contributed by atoms with Crippen LogP contribution >= 0.6 is 11.6 Å². The number of methoxy groups -OCH3 is 1. The van der Waals surface area contributed by atoms with Gasteiger partial charge in [-0.25, -0.2) is 0 Å². The number of aliphatic hydroxyl groups is 1. The number of amides is 1. The molecule has 1 amide bonds. The Morgan fingerprint density at radius 1 is 1.58 bits per heavy atom. The normalized spacial score (nSPS) is 22.9. The summed E-state index contributed by atoms with van der Waals surface area (Å²) in [5, 5.41) is 12.9. The molecular formula is C14H18ClNO3. The zero-order valence-electron chi connectivity index (χ0n) is 10.8. The van der Waals surface area contributed by atoms with E-state index in [0.717, 1.165) is 12.0 Å². The van der Waals surface area contributed by atoms with Crippen LogP contribution in [-0.4, -0.2) is 37.4 Å². The maximum atomic E-state index is 11.9. The van der Waals surface area contributed by atoms with Crippen LogP contribution in [0.25, 0.3) is 0 Å². The average Bonchev–Trinajstić information content (AvgIpc) is 3.17. The smallest absolute Gasteiger partial charge is 0.223 e. The van der Waals surface area contributed by atoms with Crippen molar-refractivity contribution in [2.24, 2.45) is 5.92 Å². The van der Waals surface area contributed by atoms with Gasteiger partial charge in [0, 0.05) is 24.6 Å². The quantitative estimate of drug-likeness (QED) is 0.833. The molecule has 1 saturated carbocycles. The van der Waals surface area contributed by atoms with Crippen LogP contribution in [0.2, 0.25) is 5.02 Å². The van der Waals surface area contributed by atoms with Gasteiger partial charge in [0.05, 0.1) is 12.7 Å². The number of rotatable bonds is 6. The van der Waals surface area contributed by atoms with Gasteiger partial charge >= 0.3 is 0 Å². The number of hydrogen-bond acceptors (Lipinski definition) is 3. The molecule has 1 aliphatic rings. The van der Waals surface area contributed by atoms with Crippen molar-refractivity contribution in [1.82, 2.24) is 5.32 Å². The number of ether oxygens (including phenoxy) is 1. The Kier molecular flexibility index (Phi) is 4.80. The van der Waals surface area contributed by atoms with Crippen LogP contribution in [0.5, 0.6) is 0 Å². The molecule has 5 heteroatoms. The SMILES string of the molecule is COCC(O)CNC(=O)C1CC1c1ccccc1Cl. The number of nitrogens with one attached hydrogen (secondary N) is 1. The van der Waals surface area contributed by atoms with E-state index in [1.807, 2.05) is 24.3 Å². The lowest BCUT2D eigenvalue weighted by molar-refractivity contribution is -0.123. The summed E-state index contributed by atoms with van der Waals surface area (Å²) < 4.78 is 4.80. The van der Waals surface area contributed by atoms with Gasteiger partial charge in [-0.2, -0.15) is 0 Å². The third-order valence-electron chi connectivity index (χ3n) is 3.30. The van der Waals surface area contributed by atoms with Gasteiger partial charge in [0.2, 0.25) is 5.91 Å². The summed E-state index contributed by atoms with van der Waals surface area (Å²) in [6, 6.07) is 7.60. The van der Waals surface area contributed by atoms with Gasteiger partial charge in [-0.05, 0) is 24.0 Å². The molecule has 0 saturated heterocycles. The van der Waals surface area contributed by atoms with E-state index in [9.17, 15) is 9.90 Å². The van der Waals surface area contributed by atoms with Crippen molar-refractivity contribution < 1.29 is 14.6 Å². The number of benzene rings is 1. The molecule has 1 fully saturated rings. The molecular weight excluding hydrogens is 266 g/mol. The van der Waals surface area contributed by atoms with E-state index in [4.69, 9.17) is 16.3 Å². The summed E-state index contributed by atoms with van der Waals surface area (Å²) in [7, 11) is 1.51. The van der Waals surface area contributed by atoms with E-state index in [1.54, 1.807) is 0 Å². The van der Waals surface area contributed by atoms with Crippen LogP contribution in [0.4, 0.5) is 0 Å². The number of aliphatic hydroxyl groups excluding tert-OH is 1. The van der Waals surface area contributed by atoms with E-state index in [2.05, 4.69) is 5.32 Å². The Morgan fingerprint density at radius 3 is 3.00 bits per heavy atom. The first-order valence-corrected chi connectivity index (χ1v) is 6.70. The molecule has 2 N–H and O–H groups in total. The monoisotopic (exact) mass is 283 g/mol. The number of halogens is 1. The van der Waals surface area contributed by atoms with Crippen LogP contribution in [0, 0.1) is 5.92 Å². The van der Waals surface area contributed by atoms with Gasteiger partial charge in [-0.1, -0.05) is 29.8 Å². The maximum Gasteiger partial charge on any atom is 0.223 e. The van der Waals surface area contributed by atoms with Gasteiger partial charge in [0.15, 0.2) is 0 Å². The summed E-state index contributed by atoms with van der Waals surface area (Å²) in [6.07, 6.45) is 0.155. The molecule has 4 nitrogen and oxygen atoms in total. The molecule has 0 aromatic heterocycles. The third-order valence-corrected chi connectivity index (χ3v) is 3.65. The number of carbonyl (C=O) groups excluding carboxylic acids is 1. The summed E-state index contributed by atoms with van der Waals surface area (Å²) >= 11 is 6.11. The van der Waals surface area contributed by atoms with Crippen LogP contribution in [0.15, 0.2) is 24.3 Å². The molecule has 3 atom stereocenters. The van der Waals surface area contributed by atoms with Crippen molar-refractivity contribution >= 4 is 17.5 Å². The lowest BCUT2D eigenvalue weighted by Gasteiger charge is -2.10. The van der Waals surface area contributed by atoms with Gasteiger partial charge in [-0.3, -0.25) is 4.79 Å². The second-order valence-electron chi connectivity index (χ2n) is 4.82. The summed E-state index contributed by atoms with van der Waals surface area (Å²) in [5.74, 6) is 0.142. The molecule has 0 spiro atoms. The van der Waals surface area contributed by atoms with Crippen LogP contribution < -0.4 is 5.32 Å². The van der Waals surface area contributed by atoms with Crippen molar-refractivity contribution in [1.29, 1.82) is 0 Å². The highest BCUT2D eigenvalue weighted by Crippen LogP contribution is 2.49. The van der Waals surface area contributed by atoms with Crippen molar-refractivity contribution in [3.05, 3.63) is 34.9 Å². The highest BCUT2D eigenvalue weighted by molar-refractivity contribution is 6.31. The molecule has 1 aromatic carbocycles. The van der Waals surface area contributed by atoms with Crippen LogP contribution in [-0.2, 0) is 9.53 Å². The second-order valence-corrected chi connectivity index (χ2v) is 5.23. The molecule has 3 unspecified atom stereocenters. The fraction of sp³-hybridized carbons (Fsp3) is 0.500. The minimum absolute atomic E-state index is 0.0277. The van der Waals surface area contributed by atoms with Crippen LogP contribution in [0.1, 0.15) is 17.9 Å². The Hall–Kier alpha value is -1.10. The standard InChI is InChI=1S/C14H18ClNO3/c1-19-8-9(17)7-16-14(18)12-6-11(12)10-4-2-3-5-13(10)15/h2-5,9,11-12,17H,6-8H2,1H3,(H,16,18). The van der Waals surface area contributed by atoms with Crippen molar-refractivity contribution in [3.63, 3.8) is 0 Å². The summed E-state index contributed by atoms with van der Waals surface area (Å²) in [4.78, 5) is 11.9. The van der Waals surface area contributed by atoms with Crippen molar-refractivity contribution in [3.8, 4) is 0 Å². The average molecular weight is 284 g/mol. The highest BCUT2D eigenvalue weighted by atomic mass is 35.5. The molecule has 0 radical (unpaired) electrons. The second kappa shape index (κ2) is 6.37. The Morgan fingerprint density at radius 2 is 2.32 bits per heavy atom. The summed E-state index contributed by atoms with van der Waals surface area (Å²) in [6.45, 7) is 0.442. The first kappa shape index (κ1) is 14.3. The van der Waals surface area contributed by atoms with Gasteiger partial charge < -0.3 is 15.2 Å². The van der Waals surface area contributed by atoms with E-state index in [-0.39, 0.29) is 30.9 Å².